The molecule has 0 aliphatic rings. The molecule has 2 aromatic carbocycles. The number of aryl methyl sites for hydroxylation is 1. The highest BCUT2D eigenvalue weighted by Crippen LogP contribution is 2.19. The first-order chi connectivity index (χ1) is 11.7. The molecule has 1 atom stereocenters. The van der Waals surface area contributed by atoms with Crippen LogP contribution in [-0.2, 0) is 17.8 Å². The molecule has 128 valence electrons. The summed E-state index contributed by atoms with van der Waals surface area (Å²) >= 11 is 0. The predicted octanol–water partition coefficient (Wildman–Crippen LogP) is 5.09. The number of carbonyl (C=O) groups is 1. The topological polar surface area (TPSA) is 46.5 Å². The Bertz CT molecular complexity index is 605. The zero-order valence-corrected chi connectivity index (χ0v) is 14.3. The summed E-state index contributed by atoms with van der Waals surface area (Å²) < 4.78 is 5.77. The van der Waals surface area contributed by atoms with Crippen LogP contribution in [0, 0.1) is 5.92 Å². The number of unbranched alkanes of at least 4 members (excludes halogenated alkanes) is 1. The van der Waals surface area contributed by atoms with Gasteiger partial charge in [0.05, 0.1) is 5.92 Å². The van der Waals surface area contributed by atoms with Crippen molar-refractivity contribution in [3.05, 3.63) is 65.7 Å². The Morgan fingerprint density at radius 3 is 2.33 bits per heavy atom. The summed E-state index contributed by atoms with van der Waals surface area (Å²) in [6.07, 6.45) is 4.27. The Morgan fingerprint density at radius 1 is 1.00 bits per heavy atom. The van der Waals surface area contributed by atoms with Crippen LogP contribution < -0.4 is 4.74 Å². The SMILES string of the molecule is CCCCC(CCc1ccc(OCc2ccccc2)cc1)C(=O)O. The van der Waals surface area contributed by atoms with Crippen molar-refractivity contribution < 1.29 is 14.6 Å². The molecule has 0 aromatic heterocycles. The van der Waals surface area contributed by atoms with Gasteiger partial charge in [0.15, 0.2) is 0 Å². The van der Waals surface area contributed by atoms with Gasteiger partial charge in [-0.25, -0.2) is 0 Å². The van der Waals surface area contributed by atoms with Gasteiger partial charge in [-0.05, 0) is 42.5 Å². The molecule has 0 amide bonds. The second kappa shape index (κ2) is 9.76. The van der Waals surface area contributed by atoms with Crippen LogP contribution in [0.3, 0.4) is 0 Å². The first-order valence-corrected chi connectivity index (χ1v) is 8.67. The summed E-state index contributed by atoms with van der Waals surface area (Å²) in [5, 5.41) is 9.28. The van der Waals surface area contributed by atoms with Crippen LogP contribution in [0.5, 0.6) is 5.75 Å². The Morgan fingerprint density at radius 2 is 1.71 bits per heavy atom. The monoisotopic (exact) mass is 326 g/mol. The molecule has 2 aromatic rings. The van der Waals surface area contributed by atoms with Gasteiger partial charge in [-0.2, -0.15) is 0 Å². The average molecular weight is 326 g/mol. The highest BCUT2D eigenvalue weighted by molar-refractivity contribution is 5.69. The number of carboxylic acids is 1. The smallest absolute Gasteiger partial charge is 0.306 e. The molecule has 3 nitrogen and oxygen atoms in total. The van der Waals surface area contributed by atoms with Crippen LogP contribution >= 0.6 is 0 Å². The molecular formula is C21H26O3. The van der Waals surface area contributed by atoms with E-state index in [1.165, 1.54) is 0 Å². The lowest BCUT2D eigenvalue weighted by atomic mass is 9.94. The number of rotatable bonds is 10. The largest absolute Gasteiger partial charge is 0.489 e. The maximum Gasteiger partial charge on any atom is 0.306 e. The summed E-state index contributed by atoms with van der Waals surface area (Å²) in [5.41, 5.74) is 2.30. The second-order valence-electron chi connectivity index (χ2n) is 6.13. The maximum absolute atomic E-state index is 11.3. The van der Waals surface area contributed by atoms with Gasteiger partial charge in [-0.3, -0.25) is 4.79 Å². The van der Waals surface area contributed by atoms with E-state index in [0.29, 0.717) is 13.0 Å². The normalized spacial score (nSPS) is 11.9. The maximum atomic E-state index is 11.3. The van der Waals surface area contributed by atoms with Gasteiger partial charge in [0.25, 0.3) is 0 Å². The highest BCUT2D eigenvalue weighted by Gasteiger charge is 2.16. The number of hydrogen-bond acceptors (Lipinski definition) is 2. The molecule has 0 saturated carbocycles. The van der Waals surface area contributed by atoms with Gasteiger partial charge in [0.1, 0.15) is 12.4 Å². The Labute approximate surface area is 144 Å². The zero-order valence-electron chi connectivity index (χ0n) is 14.3. The summed E-state index contributed by atoms with van der Waals surface area (Å²) in [6.45, 7) is 2.64. The van der Waals surface area contributed by atoms with Crippen LogP contribution in [0.25, 0.3) is 0 Å². The van der Waals surface area contributed by atoms with Crippen molar-refractivity contribution in [3.8, 4) is 5.75 Å². The van der Waals surface area contributed by atoms with E-state index in [0.717, 1.165) is 42.6 Å². The molecule has 0 spiro atoms. The first-order valence-electron chi connectivity index (χ1n) is 8.67. The zero-order chi connectivity index (χ0) is 17.2. The van der Waals surface area contributed by atoms with Crippen molar-refractivity contribution in [2.75, 3.05) is 0 Å². The molecule has 0 bridgehead atoms. The van der Waals surface area contributed by atoms with E-state index < -0.39 is 5.97 Å². The highest BCUT2D eigenvalue weighted by atomic mass is 16.5. The molecule has 1 unspecified atom stereocenters. The predicted molar refractivity (Wildman–Crippen MR) is 96.2 cm³/mol. The summed E-state index contributed by atoms with van der Waals surface area (Å²) in [6, 6.07) is 18.0. The molecule has 0 aliphatic heterocycles. The first kappa shape index (κ1) is 18.1. The third-order valence-electron chi connectivity index (χ3n) is 4.21. The summed E-state index contributed by atoms with van der Waals surface area (Å²) in [4.78, 5) is 11.3. The van der Waals surface area contributed by atoms with Gasteiger partial charge in [-0.15, -0.1) is 0 Å². The van der Waals surface area contributed by atoms with Gasteiger partial charge < -0.3 is 9.84 Å². The molecule has 24 heavy (non-hydrogen) atoms. The standard InChI is InChI=1S/C21H26O3/c1-2-3-9-19(21(22)23)13-10-17-11-14-20(15-12-17)24-16-18-7-5-4-6-8-18/h4-8,11-12,14-15,19H,2-3,9-10,13,16H2,1H3,(H,22,23). The molecule has 0 fully saturated rings. The molecule has 1 N–H and O–H groups in total. The Hall–Kier alpha value is -2.29. The van der Waals surface area contributed by atoms with Crippen molar-refractivity contribution in [2.24, 2.45) is 5.92 Å². The van der Waals surface area contributed by atoms with E-state index in [1.54, 1.807) is 0 Å². The molecule has 0 radical (unpaired) electrons. The van der Waals surface area contributed by atoms with Crippen LogP contribution in [-0.4, -0.2) is 11.1 Å². The minimum absolute atomic E-state index is 0.237. The van der Waals surface area contributed by atoms with E-state index in [1.807, 2.05) is 54.6 Å². The number of aliphatic carboxylic acids is 1. The molecule has 0 saturated heterocycles. The summed E-state index contributed by atoms with van der Waals surface area (Å²) in [7, 11) is 0. The molecule has 0 aliphatic carbocycles. The van der Waals surface area contributed by atoms with Crippen molar-refractivity contribution in [3.63, 3.8) is 0 Å². The van der Waals surface area contributed by atoms with E-state index >= 15 is 0 Å². The van der Waals surface area contributed by atoms with E-state index in [9.17, 15) is 9.90 Å². The fraction of sp³-hybridized carbons (Fsp3) is 0.381. The van der Waals surface area contributed by atoms with Gasteiger partial charge >= 0.3 is 5.97 Å². The lowest BCUT2D eigenvalue weighted by Crippen LogP contribution is -2.14. The lowest BCUT2D eigenvalue weighted by molar-refractivity contribution is -0.142. The molecule has 3 heteroatoms. The fourth-order valence-electron chi connectivity index (χ4n) is 2.68. The Kier molecular flexibility index (Phi) is 7.34. The van der Waals surface area contributed by atoms with E-state index in [-0.39, 0.29) is 5.92 Å². The Balaban J connectivity index is 1.81. The third kappa shape index (κ3) is 6.07. The van der Waals surface area contributed by atoms with Crippen molar-refractivity contribution in [1.29, 1.82) is 0 Å². The number of benzene rings is 2. The minimum atomic E-state index is -0.675. The van der Waals surface area contributed by atoms with Gasteiger partial charge in [0.2, 0.25) is 0 Å². The number of carboxylic acid groups (broad SMARTS) is 1. The van der Waals surface area contributed by atoms with Crippen LogP contribution in [0.1, 0.15) is 43.7 Å². The van der Waals surface area contributed by atoms with E-state index in [4.69, 9.17) is 4.74 Å². The average Bonchev–Trinajstić information content (AvgIpc) is 2.61. The number of ether oxygens (including phenoxy) is 1. The van der Waals surface area contributed by atoms with Crippen LogP contribution in [0.2, 0.25) is 0 Å². The fourth-order valence-corrected chi connectivity index (χ4v) is 2.68. The second-order valence-corrected chi connectivity index (χ2v) is 6.13. The quantitative estimate of drug-likeness (QED) is 0.661. The van der Waals surface area contributed by atoms with Crippen molar-refractivity contribution in [1.82, 2.24) is 0 Å². The third-order valence-corrected chi connectivity index (χ3v) is 4.21. The van der Waals surface area contributed by atoms with Crippen molar-refractivity contribution >= 4 is 5.97 Å². The lowest BCUT2D eigenvalue weighted by Gasteiger charge is -2.12. The van der Waals surface area contributed by atoms with Crippen LogP contribution in [0.4, 0.5) is 0 Å². The number of hydrogen-bond donors (Lipinski definition) is 1. The minimum Gasteiger partial charge on any atom is -0.489 e. The molecular weight excluding hydrogens is 300 g/mol. The summed E-state index contributed by atoms with van der Waals surface area (Å²) in [5.74, 6) is -0.0754. The van der Waals surface area contributed by atoms with Gasteiger partial charge in [0, 0.05) is 0 Å². The molecule has 2 rings (SSSR count). The van der Waals surface area contributed by atoms with E-state index in [2.05, 4.69) is 6.92 Å². The van der Waals surface area contributed by atoms with Gasteiger partial charge in [-0.1, -0.05) is 62.2 Å². The van der Waals surface area contributed by atoms with Crippen LogP contribution in [0.15, 0.2) is 54.6 Å². The molecule has 0 heterocycles. The van der Waals surface area contributed by atoms with Crippen molar-refractivity contribution in [2.45, 2.75) is 45.6 Å².